The smallest absolute Gasteiger partial charge is 0.248 e. The third-order valence-corrected chi connectivity index (χ3v) is 5.63. The van der Waals surface area contributed by atoms with Crippen LogP contribution in [0.15, 0.2) is 42.4 Å². The van der Waals surface area contributed by atoms with Crippen molar-refractivity contribution < 1.29 is 9.13 Å². The van der Waals surface area contributed by atoms with Gasteiger partial charge in [0.05, 0.1) is 11.9 Å². The molecule has 0 bridgehead atoms. The van der Waals surface area contributed by atoms with Gasteiger partial charge in [0.2, 0.25) is 5.88 Å². The SMILES string of the molecule is CC1=Cc2c(ccc(Oc3ncnc(Nc4ccc(N5CCNCC5)cn4)c3N)c2F)C1. The maximum absolute atomic E-state index is 14.9. The predicted octanol–water partition coefficient (Wildman–Crippen LogP) is 3.50. The van der Waals surface area contributed by atoms with Crippen LogP contribution < -0.4 is 26.0 Å². The minimum atomic E-state index is -0.419. The van der Waals surface area contributed by atoms with Crippen molar-refractivity contribution in [3.8, 4) is 11.6 Å². The number of ether oxygens (including phenoxy) is 1. The summed E-state index contributed by atoms with van der Waals surface area (Å²) in [5.74, 6) is 0.665. The van der Waals surface area contributed by atoms with Gasteiger partial charge in [0.1, 0.15) is 17.8 Å². The van der Waals surface area contributed by atoms with E-state index in [9.17, 15) is 4.39 Å². The Morgan fingerprint density at radius 1 is 1.12 bits per heavy atom. The summed E-state index contributed by atoms with van der Waals surface area (Å²) < 4.78 is 20.6. The van der Waals surface area contributed by atoms with Gasteiger partial charge in [-0.15, -0.1) is 0 Å². The number of benzene rings is 1. The second-order valence-corrected chi connectivity index (χ2v) is 7.92. The summed E-state index contributed by atoms with van der Waals surface area (Å²) in [6.07, 6.45) is 5.72. The van der Waals surface area contributed by atoms with E-state index in [0.717, 1.165) is 49.4 Å². The van der Waals surface area contributed by atoms with Crippen molar-refractivity contribution >= 4 is 29.1 Å². The molecule has 3 aromatic rings. The van der Waals surface area contributed by atoms with Crippen LogP contribution >= 0.6 is 0 Å². The predicted molar refractivity (Wildman–Crippen MR) is 123 cm³/mol. The number of allylic oxidation sites excluding steroid dienone is 1. The number of fused-ring (bicyclic) bond motifs is 1. The molecule has 1 saturated heterocycles. The quantitative estimate of drug-likeness (QED) is 0.562. The highest BCUT2D eigenvalue weighted by Gasteiger charge is 2.20. The molecule has 0 amide bonds. The van der Waals surface area contributed by atoms with Crippen molar-refractivity contribution in [2.75, 3.05) is 42.1 Å². The van der Waals surface area contributed by atoms with Crippen molar-refractivity contribution in [2.45, 2.75) is 13.3 Å². The zero-order valence-electron chi connectivity index (χ0n) is 17.7. The van der Waals surface area contributed by atoms with Gasteiger partial charge in [0.15, 0.2) is 17.4 Å². The third kappa shape index (κ3) is 3.94. The minimum absolute atomic E-state index is 0.0737. The van der Waals surface area contributed by atoms with Gasteiger partial charge < -0.3 is 26.0 Å². The number of nitrogens with one attached hydrogen (secondary N) is 2. The molecule has 32 heavy (non-hydrogen) atoms. The third-order valence-electron chi connectivity index (χ3n) is 5.63. The first-order chi connectivity index (χ1) is 15.6. The van der Waals surface area contributed by atoms with E-state index in [1.807, 2.05) is 37.4 Å². The second kappa shape index (κ2) is 8.43. The van der Waals surface area contributed by atoms with Crippen LogP contribution in [0.3, 0.4) is 0 Å². The van der Waals surface area contributed by atoms with E-state index >= 15 is 0 Å². The Hall–Kier alpha value is -3.72. The number of hydrogen-bond acceptors (Lipinski definition) is 8. The molecule has 9 heteroatoms. The number of nitrogens with zero attached hydrogens (tertiary/aromatic N) is 4. The molecule has 1 aliphatic heterocycles. The molecular weight excluding hydrogens is 409 g/mol. The fraction of sp³-hybridized carbons (Fsp3) is 0.261. The van der Waals surface area contributed by atoms with Gasteiger partial charge in [-0.2, -0.15) is 4.98 Å². The van der Waals surface area contributed by atoms with Crippen LogP contribution in [0.4, 0.5) is 27.4 Å². The highest BCUT2D eigenvalue weighted by atomic mass is 19.1. The van der Waals surface area contributed by atoms with Crippen molar-refractivity contribution in [2.24, 2.45) is 0 Å². The van der Waals surface area contributed by atoms with Crippen LogP contribution in [0.5, 0.6) is 11.6 Å². The van der Waals surface area contributed by atoms with E-state index in [1.54, 1.807) is 6.07 Å². The lowest BCUT2D eigenvalue weighted by Crippen LogP contribution is -2.43. The highest BCUT2D eigenvalue weighted by Crippen LogP contribution is 2.36. The van der Waals surface area contributed by atoms with E-state index in [0.29, 0.717) is 17.2 Å². The number of nitrogens with two attached hydrogens (primary N) is 1. The van der Waals surface area contributed by atoms with E-state index < -0.39 is 5.82 Å². The summed E-state index contributed by atoms with van der Waals surface area (Å²) >= 11 is 0. The first kappa shape index (κ1) is 20.2. The summed E-state index contributed by atoms with van der Waals surface area (Å²) in [5, 5.41) is 6.42. The van der Waals surface area contributed by atoms with Crippen LogP contribution in [-0.2, 0) is 6.42 Å². The molecular formula is C23H24FN7O. The topological polar surface area (TPSA) is 101 Å². The van der Waals surface area contributed by atoms with Crippen LogP contribution in [0, 0.1) is 5.82 Å². The first-order valence-corrected chi connectivity index (χ1v) is 10.5. The van der Waals surface area contributed by atoms with Gasteiger partial charge in [-0.05, 0) is 37.1 Å². The maximum Gasteiger partial charge on any atom is 0.248 e. The van der Waals surface area contributed by atoms with Crippen LogP contribution in [0.1, 0.15) is 18.1 Å². The second-order valence-electron chi connectivity index (χ2n) is 7.92. The molecule has 1 fully saturated rings. The van der Waals surface area contributed by atoms with Gasteiger partial charge in [0, 0.05) is 31.7 Å². The zero-order chi connectivity index (χ0) is 22.1. The zero-order valence-corrected chi connectivity index (χ0v) is 17.7. The van der Waals surface area contributed by atoms with Gasteiger partial charge in [-0.25, -0.2) is 14.4 Å². The summed E-state index contributed by atoms with van der Waals surface area (Å²) in [6, 6.07) is 7.34. The van der Waals surface area contributed by atoms with E-state index in [2.05, 4.69) is 30.5 Å². The summed E-state index contributed by atoms with van der Waals surface area (Å²) in [5.41, 5.74) is 10.1. The largest absolute Gasteiger partial charge is 0.434 e. The molecule has 0 unspecified atom stereocenters. The van der Waals surface area contributed by atoms with Gasteiger partial charge in [-0.3, -0.25) is 0 Å². The van der Waals surface area contributed by atoms with Crippen LogP contribution in [0.2, 0.25) is 0 Å². The first-order valence-electron chi connectivity index (χ1n) is 10.5. The summed E-state index contributed by atoms with van der Waals surface area (Å²) in [4.78, 5) is 15.0. The number of aromatic nitrogens is 3. The number of nitrogen functional groups attached to an aromatic ring is 1. The fourth-order valence-electron chi connectivity index (χ4n) is 3.96. The molecule has 0 atom stereocenters. The fourth-order valence-corrected chi connectivity index (χ4v) is 3.96. The maximum atomic E-state index is 14.9. The molecule has 3 heterocycles. The van der Waals surface area contributed by atoms with Crippen LogP contribution in [-0.4, -0.2) is 41.1 Å². The Kier molecular flexibility index (Phi) is 5.32. The Bertz CT molecular complexity index is 1170. The lowest BCUT2D eigenvalue weighted by atomic mass is 10.1. The van der Waals surface area contributed by atoms with Crippen molar-refractivity contribution in [3.63, 3.8) is 0 Å². The Morgan fingerprint density at radius 2 is 1.97 bits per heavy atom. The highest BCUT2D eigenvalue weighted by molar-refractivity contribution is 5.72. The molecule has 0 saturated carbocycles. The molecule has 4 N–H and O–H groups in total. The summed E-state index contributed by atoms with van der Waals surface area (Å²) in [7, 11) is 0. The van der Waals surface area contributed by atoms with E-state index in [1.165, 1.54) is 6.33 Å². The van der Waals surface area contributed by atoms with Crippen molar-refractivity contribution in [3.05, 3.63) is 59.3 Å². The molecule has 1 aromatic carbocycles. The number of halogens is 1. The van der Waals surface area contributed by atoms with Gasteiger partial charge in [0.25, 0.3) is 0 Å². The number of anilines is 4. The number of hydrogen-bond donors (Lipinski definition) is 3. The Morgan fingerprint density at radius 3 is 2.75 bits per heavy atom. The molecule has 164 valence electrons. The van der Waals surface area contributed by atoms with Crippen LogP contribution in [0.25, 0.3) is 6.08 Å². The lowest BCUT2D eigenvalue weighted by molar-refractivity contribution is 0.428. The molecule has 0 spiro atoms. The molecule has 8 nitrogen and oxygen atoms in total. The van der Waals surface area contributed by atoms with Gasteiger partial charge >= 0.3 is 0 Å². The summed E-state index contributed by atoms with van der Waals surface area (Å²) in [6.45, 7) is 5.79. The number of piperazine rings is 1. The van der Waals surface area contributed by atoms with E-state index in [-0.39, 0.29) is 17.3 Å². The van der Waals surface area contributed by atoms with Gasteiger partial charge in [-0.1, -0.05) is 17.7 Å². The Balaban J connectivity index is 1.34. The number of rotatable bonds is 5. The Labute approximate surface area is 185 Å². The monoisotopic (exact) mass is 433 g/mol. The molecule has 5 rings (SSSR count). The van der Waals surface area contributed by atoms with Crippen molar-refractivity contribution in [1.82, 2.24) is 20.3 Å². The average molecular weight is 433 g/mol. The molecule has 2 aliphatic rings. The lowest BCUT2D eigenvalue weighted by Gasteiger charge is -2.29. The van der Waals surface area contributed by atoms with E-state index in [4.69, 9.17) is 10.5 Å². The van der Waals surface area contributed by atoms with Crippen molar-refractivity contribution in [1.29, 1.82) is 0 Å². The normalized spacial score (nSPS) is 15.3. The standard InChI is InChI=1S/C23H24FN7O/c1-14-10-15-2-4-18(20(24)17(15)11-14)32-23-21(25)22(28-13-29-23)30-19-5-3-16(12-27-19)31-8-6-26-7-9-31/h2-5,11-13,26H,6-10,25H2,1H3,(H,27,28,29,30). The number of pyridine rings is 1. The minimum Gasteiger partial charge on any atom is -0.434 e. The molecule has 2 aromatic heterocycles. The molecule has 0 radical (unpaired) electrons. The average Bonchev–Trinajstić information content (AvgIpc) is 3.20. The molecule has 1 aliphatic carbocycles.